The third-order valence-corrected chi connectivity index (χ3v) is 4.35. The number of carbonyl (C=O) groups is 1. The summed E-state index contributed by atoms with van der Waals surface area (Å²) >= 11 is 7.23. The highest BCUT2D eigenvalue weighted by atomic mass is 35.5. The van der Waals surface area contributed by atoms with Gasteiger partial charge in [0.1, 0.15) is 5.82 Å². The van der Waals surface area contributed by atoms with Gasteiger partial charge in [0.25, 0.3) is 0 Å². The SMILES string of the molecule is O=C(Cc1ccc(Cl)cc1F)c1csc2ccccc12. The zero-order valence-electron chi connectivity index (χ0n) is 10.4. The van der Waals surface area contributed by atoms with E-state index in [1.807, 2.05) is 29.6 Å². The largest absolute Gasteiger partial charge is 0.294 e. The van der Waals surface area contributed by atoms with E-state index in [9.17, 15) is 9.18 Å². The number of hydrogen-bond acceptors (Lipinski definition) is 2. The van der Waals surface area contributed by atoms with E-state index < -0.39 is 5.82 Å². The normalized spacial score (nSPS) is 10.9. The average Bonchev–Trinajstić information content (AvgIpc) is 2.86. The molecule has 1 nitrogen and oxygen atoms in total. The van der Waals surface area contributed by atoms with E-state index >= 15 is 0 Å². The van der Waals surface area contributed by atoms with Crippen molar-refractivity contribution < 1.29 is 9.18 Å². The monoisotopic (exact) mass is 304 g/mol. The summed E-state index contributed by atoms with van der Waals surface area (Å²) in [5.41, 5.74) is 1.02. The van der Waals surface area contributed by atoms with Gasteiger partial charge in [0, 0.05) is 32.5 Å². The van der Waals surface area contributed by atoms with Gasteiger partial charge in [0.15, 0.2) is 5.78 Å². The predicted octanol–water partition coefficient (Wildman–Crippen LogP) is 5.12. The summed E-state index contributed by atoms with van der Waals surface area (Å²) in [4.78, 5) is 12.3. The molecule has 3 aromatic rings. The first kappa shape index (κ1) is 13.3. The number of ketones is 1. The second-order valence-electron chi connectivity index (χ2n) is 4.48. The Morgan fingerprint density at radius 2 is 2.00 bits per heavy atom. The number of halogens is 2. The Balaban J connectivity index is 1.93. The third kappa shape index (κ3) is 2.47. The van der Waals surface area contributed by atoms with Crippen LogP contribution in [0.25, 0.3) is 10.1 Å². The van der Waals surface area contributed by atoms with Crippen molar-refractivity contribution in [1.82, 2.24) is 0 Å². The topological polar surface area (TPSA) is 17.1 Å². The highest BCUT2D eigenvalue weighted by Crippen LogP contribution is 2.27. The van der Waals surface area contributed by atoms with Gasteiger partial charge in [-0.15, -0.1) is 11.3 Å². The molecule has 0 spiro atoms. The van der Waals surface area contributed by atoms with Crippen molar-refractivity contribution in [2.24, 2.45) is 0 Å². The summed E-state index contributed by atoms with van der Waals surface area (Å²) in [6, 6.07) is 12.1. The molecule has 0 saturated carbocycles. The molecule has 0 fully saturated rings. The minimum atomic E-state index is -0.439. The maximum absolute atomic E-state index is 13.7. The second kappa shape index (κ2) is 5.35. The van der Waals surface area contributed by atoms with Crippen LogP contribution in [0.3, 0.4) is 0 Å². The standard InChI is InChI=1S/C16H10ClFOS/c17-11-6-5-10(14(18)8-11)7-15(19)13-9-20-16-4-2-1-3-12(13)16/h1-6,8-9H,7H2. The van der Waals surface area contributed by atoms with Gasteiger partial charge in [0.05, 0.1) is 0 Å². The van der Waals surface area contributed by atoms with E-state index in [2.05, 4.69) is 0 Å². The molecule has 0 N–H and O–H groups in total. The van der Waals surface area contributed by atoms with Crippen molar-refractivity contribution >= 4 is 38.8 Å². The molecular weight excluding hydrogens is 295 g/mol. The molecule has 2 aromatic carbocycles. The molecule has 1 heterocycles. The van der Waals surface area contributed by atoms with Crippen LogP contribution in [-0.4, -0.2) is 5.78 Å². The summed E-state index contributed by atoms with van der Waals surface area (Å²) in [5.74, 6) is -0.519. The van der Waals surface area contributed by atoms with Gasteiger partial charge in [-0.05, 0) is 23.8 Å². The number of rotatable bonds is 3. The maximum Gasteiger partial charge on any atom is 0.168 e. The Morgan fingerprint density at radius 1 is 1.20 bits per heavy atom. The molecule has 4 heteroatoms. The van der Waals surface area contributed by atoms with E-state index in [1.165, 1.54) is 17.4 Å². The van der Waals surface area contributed by atoms with Crippen LogP contribution >= 0.6 is 22.9 Å². The molecule has 1 aromatic heterocycles. The minimum Gasteiger partial charge on any atom is -0.294 e. The van der Waals surface area contributed by atoms with Crippen molar-refractivity contribution in [2.75, 3.05) is 0 Å². The molecule has 0 aliphatic rings. The Kier molecular flexibility index (Phi) is 3.55. The summed E-state index contributed by atoms with van der Waals surface area (Å²) in [6.45, 7) is 0. The van der Waals surface area contributed by atoms with Crippen LogP contribution in [0.4, 0.5) is 4.39 Å². The van der Waals surface area contributed by atoms with Crippen LogP contribution in [0.1, 0.15) is 15.9 Å². The average molecular weight is 305 g/mol. The molecule has 20 heavy (non-hydrogen) atoms. The van der Waals surface area contributed by atoms with Gasteiger partial charge in [-0.2, -0.15) is 0 Å². The molecule has 0 amide bonds. The van der Waals surface area contributed by atoms with Crippen molar-refractivity contribution in [2.45, 2.75) is 6.42 Å². The van der Waals surface area contributed by atoms with Gasteiger partial charge >= 0.3 is 0 Å². The number of fused-ring (bicyclic) bond motifs is 1. The van der Waals surface area contributed by atoms with Gasteiger partial charge < -0.3 is 0 Å². The first-order valence-electron chi connectivity index (χ1n) is 6.08. The maximum atomic E-state index is 13.7. The zero-order valence-corrected chi connectivity index (χ0v) is 12.0. The Hall–Kier alpha value is -1.71. The van der Waals surface area contributed by atoms with Gasteiger partial charge in [0.2, 0.25) is 0 Å². The molecule has 0 radical (unpaired) electrons. The number of thiophene rings is 1. The van der Waals surface area contributed by atoms with Gasteiger partial charge in [-0.25, -0.2) is 4.39 Å². The smallest absolute Gasteiger partial charge is 0.168 e. The van der Waals surface area contributed by atoms with Crippen LogP contribution in [0.15, 0.2) is 47.8 Å². The molecule has 0 atom stereocenters. The highest BCUT2D eigenvalue weighted by molar-refractivity contribution is 7.17. The molecule has 0 aliphatic heterocycles. The summed E-state index contributed by atoms with van der Waals surface area (Å²) in [5, 5.41) is 3.09. The molecule has 100 valence electrons. The van der Waals surface area contributed by atoms with Crippen molar-refractivity contribution in [3.63, 3.8) is 0 Å². The number of carbonyl (C=O) groups excluding carboxylic acids is 1. The molecule has 0 bridgehead atoms. The van der Waals surface area contributed by atoms with Crippen LogP contribution in [-0.2, 0) is 6.42 Å². The predicted molar refractivity (Wildman–Crippen MR) is 81.3 cm³/mol. The zero-order chi connectivity index (χ0) is 14.1. The van der Waals surface area contributed by atoms with Crippen LogP contribution in [0, 0.1) is 5.82 Å². The first-order chi connectivity index (χ1) is 9.65. The summed E-state index contributed by atoms with van der Waals surface area (Å²) < 4.78 is 14.8. The van der Waals surface area contributed by atoms with Crippen LogP contribution in [0.2, 0.25) is 5.02 Å². The number of Topliss-reactive ketones (excluding diaryl/α,β-unsaturated/α-hetero) is 1. The third-order valence-electron chi connectivity index (χ3n) is 3.15. The molecule has 0 saturated heterocycles. The number of hydrogen-bond donors (Lipinski definition) is 0. The lowest BCUT2D eigenvalue weighted by Gasteiger charge is -2.03. The van der Waals surface area contributed by atoms with Crippen molar-refractivity contribution in [1.29, 1.82) is 0 Å². The van der Waals surface area contributed by atoms with E-state index in [-0.39, 0.29) is 12.2 Å². The molecule has 0 unspecified atom stereocenters. The molecule has 3 rings (SSSR count). The highest BCUT2D eigenvalue weighted by Gasteiger charge is 2.14. The quantitative estimate of drug-likeness (QED) is 0.614. The first-order valence-corrected chi connectivity index (χ1v) is 7.34. The second-order valence-corrected chi connectivity index (χ2v) is 5.83. The van der Waals surface area contributed by atoms with Gasteiger partial charge in [-0.3, -0.25) is 4.79 Å². The number of benzene rings is 2. The lowest BCUT2D eigenvalue weighted by Crippen LogP contribution is -2.04. The van der Waals surface area contributed by atoms with Crippen molar-refractivity contribution in [3.8, 4) is 0 Å². The Bertz CT molecular complexity index is 794. The molecule has 0 aliphatic carbocycles. The summed E-state index contributed by atoms with van der Waals surface area (Å²) in [6.07, 6.45) is 0.0454. The van der Waals surface area contributed by atoms with Crippen LogP contribution in [0.5, 0.6) is 0 Å². The Labute approximate surface area is 124 Å². The van der Waals surface area contributed by atoms with E-state index in [4.69, 9.17) is 11.6 Å². The Morgan fingerprint density at radius 3 is 2.80 bits per heavy atom. The summed E-state index contributed by atoms with van der Waals surface area (Å²) in [7, 11) is 0. The fourth-order valence-corrected chi connectivity index (χ4v) is 3.25. The minimum absolute atomic E-state index is 0.0454. The van der Waals surface area contributed by atoms with E-state index in [0.29, 0.717) is 16.1 Å². The fraction of sp³-hybridized carbons (Fsp3) is 0.0625. The van der Waals surface area contributed by atoms with Crippen LogP contribution < -0.4 is 0 Å². The molecular formula is C16H10ClFOS. The van der Waals surface area contributed by atoms with Crippen molar-refractivity contribution in [3.05, 3.63) is 69.8 Å². The van der Waals surface area contributed by atoms with E-state index in [0.717, 1.165) is 10.1 Å². The van der Waals surface area contributed by atoms with E-state index in [1.54, 1.807) is 12.1 Å². The lowest BCUT2D eigenvalue weighted by molar-refractivity contribution is 0.0994. The fourth-order valence-electron chi connectivity index (χ4n) is 2.13. The van der Waals surface area contributed by atoms with Gasteiger partial charge in [-0.1, -0.05) is 35.9 Å². The lowest BCUT2D eigenvalue weighted by atomic mass is 10.0.